The second-order valence-corrected chi connectivity index (χ2v) is 5.73. The maximum Gasteiger partial charge on any atom is 0.252 e. The van der Waals surface area contributed by atoms with Gasteiger partial charge in [0, 0.05) is 29.9 Å². The molecule has 1 aromatic carbocycles. The molecule has 2 bridgehead atoms. The molecule has 2 fully saturated rings. The van der Waals surface area contributed by atoms with Gasteiger partial charge in [0.1, 0.15) is 5.75 Å². The van der Waals surface area contributed by atoms with Crippen molar-refractivity contribution in [2.24, 2.45) is 5.73 Å². The number of ether oxygens (including phenoxy) is 1. The highest BCUT2D eigenvalue weighted by atomic mass is 16.5. The smallest absolute Gasteiger partial charge is 0.252 e. The van der Waals surface area contributed by atoms with Crippen LogP contribution in [-0.2, 0) is 0 Å². The summed E-state index contributed by atoms with van der Waals surface area (Å²) in [5.74, 6) is 0.0627. The summed E-state index contributed by atoms with van der Waals surface area (Å²) < 4.78 is 5.24. The van der Waals surface area contributed by atoms with E-state index in [4.69, 9.17) is 10.5 Å². The van der Waals surface area contributed by atoms with Gasteiger partial charge in [-0.05, 0) is 37.8 Å². The van der Waals surface area contributed by atoms with Gasteiger partial charge >= 0.3 is 0 Å². The molecular weight excluding hydrogens is 254 g/mol. The van der Waals surface area contributed by atoms with Crippen LogP contribution in [0.2, 0.25) is 0 Å². The number of amides is 1. The standard InChI is InChI=1S/C15H21N3O2/c1-20-14-8-11(4-5-13(14)15(16)19)18-12-6-9-2-3-10(7-12)17-9/h4-5,8-10,12,17-18H,2-3,6-7H2,1H3,(H2,16,19). The lowest BCUT2D eigenvalue weighted by molar-refractivity contribution is 0.0997. The summed E-state index contributed by atoms with van der Waals surface area (Å²) in [5.41, 5.74) is 6.73. The van der Waals surface area contributed by atoms with Crippen LogP contribution in [-0.4, -0.2) is 31.1 Å². The Morgan fingerprint density at radius 1 is 1.35 bits per heavy atom. The fraction of sp³-hybridized carbons (Fsp3) is 0.533. The highest BCUT2D eigenvalue weighted by Gasteiger charge is 2.33. The van der Waals surface area contributed by atoms with Crippen molar-refractivity contribution in [2.75, 3.05) is 12.4 Å². The first-order chi connectivity index (χ1) is 9.65. The monoisotopic (exact) mass is 275 g/mol. The number of anilines is 1. The number of hydrogen-bond donors (Lipinski definition) is 3. The van der Waals surface area contributed by atoms with E-state index in [0.29, 0.717) is 29.4 Å². The van der Waals surface area contributed by atoms with Gasteiger partial charge in [0.2, 0.25) is 0 Å². The largest absolute Gasteiger partial charge is 0.496 e. The van der Waals surface area contributed by atoms with E-state index in [1.807, 2.05) is 12.1 Å². The Morgan fingerprint density at radius 2 is 2.05 bits per heavy atom. The molecule has 3 rings (SSSR count). The van der Waals surface area contributed by atoms with Crippen LogP contribution in [0.25, 0.3) is 0 Å². The second kappa shape index (κ2) is 5.32. The predicted molar refractivity (Wildman–Crippen MR) is 78.1 cm³/mol. The van der Waals surface area contributed by atoms with Crippen LogP contribution in [0.15, 0.2) is 18.2 Å². The Hall–Kier alpha value is -1.75. The summed E-state index contributed by atoms with van der Waals surface area (Å²) in [6.07, 6.45) is 4.87. The molecule has 2 saturated heterocycles. The van der Waals surface area contributed by atoms with Crippen LogP contribution < -0.4 is 21.1 Å². The molecule has 0 radical (unpaired) electrons. The fourth-order valence-corrected chi connectivity index (χ4v) is 3.40. The van der Waals surface area contributed by atoms with E-state index in [0.717, 1.165) is 18.5 Å². The van der Waals surface area contributed by atoms with Crippen LogP contribution >= 0.6 is 0 Å². The Morgan fingerprint density at radius 3 is 2.65 bits per heavy atom. The Kier molecular flexibility index (Phi) is 3.53. The van der Waals surface area contributed by atoms with Crippen molar-refractivity contribution in [1.82, 2.24) is 5.32 Å². The minimum atomic E-state index is -0.465. The fourth-order valence-electron chi connectivity index (χ4n) is 3.40. The first kappa shape index (κ1) is 13.2. The molecule has 2 heterocycles. The van der Waals surface area contributed by atoms with Crippen LogP contribution in [0.5, 0.6) is 5.75 Å². The molecule has 4 N–H and O–H groups in total. The summed E-state index contributed by atoms with van der Waals surface area (Å²) in [6.45, 7) is 0. The lowest BCUT2D eigenvalue weighted by atomic mass is 9.99. The lowest BCUT2D eigenvalue weighted by Gasteiger charge is -2.30. The van der Waals surface area contributed by atoms with Gasteiger partial charge < -0.3 is 21.1 Å². The summed E-state index contributed by atoms with van der Waals surface area (Å²) in [5, 5.41) is 7.18. The average Bonchev–Trinajstić information content (AvgIpc) is 2.77. The number of nitrogens with two attached hydrogens (primary N) is 1. The molecule has 2 aliphatic rings. The van der Waals surface area contributed by atoms with Crippen LogP contribution in [0.4, 0.5) is 5.69 Å². The average molecular weight is 275 g/mol. The highest BCUT2D eigenvalue weighted by Crippen LogP contribution is 2.30. The number of fused-ring (bicyclic) bond motifs is 2. The third kappa shape index (κ3) is 2.58. The summed E-state index contributed by atoms with van der Waals surface area (Å²) >= 11 is 0. The van der Waals surface area contributed by atoms with E-state index in [-0.39, 0.29) is 0 Å². The van der Waals surface area contributed by atoms with Crippen molar-refractivity contribution >= 4 is 11.6 Å². The van der Waals surface area contributed by atoms with Crippen molar-refractivity contribution in [1.29, 1.82) is 0 Å². The van der Waals surface area contributed by atoms with E-state index in [1.54, 1.807) is 13.2 Å². The van der Waals surface area contributed by atoms with Gasteiger partial charge in [0.25, 0.3) is 5.91 Å². The van der Waals surface area contributed by atoms with Gasteiger partial charge in [-0.1, -0.05) is 0 Å². The SMILES string of the molecule is COc1cc(NC2CC3CCC(C2)N3)ccc1C(N)=O. The van der Waals surface area contributed by atoms with Gasteiger partial charge in [0.15, 0.2) is 0 Å². The maximum absolute atomic E-state index is 11.3. The predicted octanol–water partition coefficient (Wildman–Crippen LogP) is 1.49. The molecule has 0 saturated carbocycles. The molecule has 5 heteroatoms. The Bertz CT molecular complexity index is 506. The van der Waals surface area contributed by atoms with Gasteiger partial charge in [0.05, 0.1) is 12.7 Å². The number of primary amides is 1. The first-order valence-corrected chi connectivity index (χ1v) is 7.16. The number of methoxy groups -OCH3 is 1. The van der Waals surface area contributed by atoms with Crippen LogP contribution in [0.3, 0.4) is 0 Å². The third-order valence-electron chi connectivity index (χ3n) is 4.31. The molecule has 108 valence electrons. The van der Waals surface area contributed by atoms with Crippen LogP contribution in [0.1, 0.15) is 36.0 Å². The normalized spacial score (nSPS) is 28.1. The van der Waals surface area contributed by atoms with E-state index in [9.17, 15) is 4.79 Å². The minimum Gasteiger partial charge on any atom is -0.496 e. The quantitative estimate of drug-likeness (QED) is 0.778. The molecule has 2 aliphatic heterocycles. The molecule has 1 aromatic rings. The zero-order chi connectivity index (χ0) is 14.1. The van der Waals surface area contributed by atoms with Crippen molar-refractivity contribution in [3.8, 4) is 5.75 Å². The highest BCUT2D eigenvalue weighted by molar-refractivity contribution is 5.96. The minimum absolute atomic E-state index is 0.420. The number of hydrogen-bond acceptors (Lipinski definition) is 4. The summed E-state index contributed by atoms with van der Waals surface area (Å²) in [7, 11) is 1.55. The van der Waals surface area contributed by atoms with E-state index < -0.39 is 5.91 Å². The van der Waals surface area contributed by atoms with Crippen molar-refractivity contribution in [3.05, 3.63) is 23.8 Å². The van der Waals surface area contributed by atoms with Crippen molar-refractivity contribution in [2.45, 2.75) is 43.8 Å². The third-order valence-corrected chi connectivity index (χ3v) is 4.31. The zero-order valence-electron chi connectivity index (χ0n) is 11.7. The molecule has 0 aliphatic carbocycles. The number of carbonyl (C=O) groups excluding carboxylic acids is 1. The van der Waals surface area contributed by atoms with Gasteiger partial charge in [-0.2, -0.15) is 0 Å². The topological polar surface area (TPSA) is 76.4 Å². The van der Waals surface area contributed by atoms with Gasteiger partial charge in [-0.25, -0.2) is 0 Å². The number of benzene rings is 1. The number of rotatable bonds is 4. The maximum atomic E-state index is 11.3. The molecule has 5 nitrogen and oxygen atoms in total. The molecule has 2 unspecified atom stereocenters. The first-order valence-electron chi connectivity index (χ1n) is 7.16. The zero-order valence-corrected chi connectivity index (χ0v) is 11.7. The summed E-state index contributed by atoms with van der Waals surface area (Å²) in [6, 6.07) is 7.25. The van der Waals surface area contributed by atoms with E-state index in [2.05, 4.69) is 10.6 Å². The van der Waals surface area contributed by atoms with Gasteiger partial charge in [-0.15, -0.1) is 0 Å². The lowest BCUT2D eigenvalue weighted by Crippen LogP contribution is -2.43. The molecular formula is C15H21N3O2. The molecule has 0 aromatic heterocycles. The number of nitrogens with one attached hydrogen (secondary N) is 2. The molecule has 2 atom stereocenters. The Labute approximate surface area is 118 Å². The Balaban J connectivity index is 1.73. The second-order valence-electron chi connectivity index (χ2n) is 5.73. The molecule has 20 heavy (non-hydrogen) atoms. The number of carbonyl (C=O) groups is 1. The van der Waals surface area contributed by atoms with E-state index in [1.165, 1.54) is 12.8 Å². The van der Waals surface area contributed by atoms with Crippen molar-refractivity contribution in [3.63, 3.8) is 0 Å². The van der Waals surface area contributed by atoms with Crippen molar-refractivity contribution < 1.29 is 9.53 Å². The summed E-state index contributed by atoms with van der Waals surface area (Å²) in [4.78, 5) is 11.3. The number of piperidine rings is 1. The van der Waals surface area contributed by atoms with E-state index >= 15 is 0 Å². The molecule has 0 spiro atoms. The van der Waals surface area contributed by atoms with Gasteiger partial charge in [-0.3, -0.25) is 4.79 Å². The van der Waals surface area contributed by atoms with Crippen LogP contribution in [0, 0.1) is 0 Å². The molecule has 1 amide bonds.